The average Bonchev–Trinajstić information content (AvgIpc) is 2.40. The van der Waals surface area contributed by atoms with Crippen molar-refractivity contribution >= 4 is 22.6 Å². The summed E-state index contributed by atoms with van der Waals surface area (Å²) in [6, 6.07) is 9.39. The van der Waals surface area contributed by atoms with Crippen LogP contribution in [0.2, 0.25) is 5.15 Å². The van der Waals surface area contributed by atoms with Crippen LogP contribution in [-0.2, 0) is 0 Å². The number of hydrogen-bond acceptors (Lipinski definition) is 3. The molecule has 1 aromatic carbocycles. The number of aromatic amines is 1. The maximum absolute atomic E-state index is 12.4. The van der Waals surface area contributed by atoms with Crippen LogP contribution in [0.1, 0.15) is 0 Å². The topological polar surface area (TPSA) is 58.6 Å². The van der Waals surface area contributed by atoms with Gasteiger partial charge in [0.05, 0.1) is 0 Å². The van der Waals surface area contributed by atoms with E-state index in [1.165, 1.54) is 6.33 Å². The fourth-order valence-corrected chi connectivity index (χ4v) is 2.07. The molecule has 0 aliphatic carbocycles. The van der Waals surface area contributed by atoms with E-state index in [1.54, 1.807) is 6.20 Å². The molecule has 0 spiro atoms. The second-order valence-electron chi connectivity index (χ2n) is 3.79. The van der Waals surface area contributed by atoms with Crippen LogP contribution in [0, 0.1) is 0 Å². The van der Waals surface area contributed by atoms with Crippen molar-refractivity contribution in [2.24, 2.45) is 0 Å². The van der Waals surface area contributed by atoms with Crippen molar-refractivity contribution in [3.05, 3.63) is 58.2 Å². The fraction of sp³-hybridized carbons (Fsp3) is 0. The molecule has 18 heavy (non-hydrogen) atoms. The van der Waals surface area contributed by atoms with Gasteiger partial charge in [-0.05, 0) is 5.56 Å². The summed E-state index contributed by atoms with van der Waals surface area (Å²) in [5, 5.41) is 0.486. The number of fused-ring (bicyclic) bond motifs is 1. The summed E-state index contributed by atoms with van der Waals surface area (Å²) >= 11 is 5.95. The van der Waals surface area contributed by atoms with Crippen LogP contribution < -0.4 is 5.43 Å². The number of benzene rings is 1. The van der Waals surface area contributed by atoms with Gasteiger partial charge in [-0.3, -0.25) is 4.79 Å². The maximum Gasteiger partial charge on any atom is 0.201 e. The molecule has 1 N–H and O–H groups in total. The number of nitrogens with one attached hydrogen (secondary N) is 1. The van der Waals surface area contributed by atoms with Crippen molar-refractivity contribution in [1.29, 1.82) is 0 Å². The van der Waals surface area contributed by atoms with Gasteiger partial charge in [0.25, 0.3) is 0 Å². The van der Waals surface area contributed by atoms with E-state index in [1.807, 2.05) is 30.3 Å². The summed E-state index contributed by atoms with van der Waals surface area (Å²) in [5.41, 5.74) is 1.67. The van der Waals surface area contributed by atoms with Gasteiger partial charge in [0, 0.05) is 11.8 Å². The minimum Gasteiger partial charge on any atom is -0.345 e. The Morgan fingerprint density at radius 2 is 1.89 bits per heavy atom. The number of nitrogens with zero attached hydrogens (tertiary/aromatic N) is 2. The Labute approximate surface area is 107 Å². The largest absolute Gasteiger partial charge is 0.345 e. The summed E-state index contributed by atoms with van der Waals surface area (Å²) in [7, 11) is 0. The molecule has 3 rings (SSSR count). The highest BCUT2D eigenvalue weighted by molar-refractivity contribution is 6.33. The van der Waals surface area contributed by atoms with Crippen molar-refractivity contribution in [3.8, 4) is 11.1 Å². The van der Waals surface area contributed by atoms with Gasteiger partial charge in [-0.25, -0.2) is 9.97 Å². The van der Waals surface area contributed by atoms with E-state index >= 15 is 0 Å². The van der Waals surface area contributed by atoms with Crippen LogP contribution in [0.25, 0.3) is 22.2 Å². The van der Waals surface area contributed by atoms with Crippen molar-refractivity contribution in [3.63, 3.8) is 0 Å². The Morgan fingerprint density at radius 1 is 1.11 bits per heavy atom. The molecule has 5 heteroatoms. The zero-order valence-corrected chi connectivity index (χ0v) is 9.98. The second-order valence-corrected chi connectivity index (χ2v) is 4.14. The molecule has 0 fully saturated rings. The Kier molecular flexibility index (Phi) is 2.57. The minimum atomic E-state index is -0.166. The molecule has 0 amide bonds. The standard InChI is InChI=1S/C13H8ClN3O/c14-12-10-11(18)9(8-4-2-1-3-5-8)6-15-13(10)17-7-16-12/h1-7H,(H,15,16,17,18). The molecule has 0 atom stereocenters. The molecule has 88 valence electrons. The van der Waals surface area contributed by atoms with E-state index in [0.29, 0.717) is 16.6 Å². The molecule has 2 heterocycles. The summed E-state index contributed by atoms with van der Waals surface area (Å²) in [6.45, 7) is 0. The first-order chi connectivity index (χ1) is 8.77. The molecular weight excluding hydrogens is 250 g/mol. The first-order valence-electron chi connectivity index (χ1n) is 5.34. The van der Waals surface area contributed by atoms with E-state index in [2.05, 4.69) is 15.0 Å². The molecule has 0 unspecified atom stereocenters. The Balaban J connectivity index is 2.37. The van der Waals surface area contributed by atoms with E-state index < -0.39 is 0 Å². The highest BCUT2D eigenvalue weighted by Crippen LogP contribution is 2.19. The van der Waals surface area contributed by atoms with Crippen molar-refractivity contribution in [2.45, 2.75) is 0 Å². The number of halogens is 1. The molecule has 2 aromatic heterocycles. The van der Waals surface area contributed by atoms with E-state index in [0.717, 1.165) is 5.56 Å². The first-order valence-corrected chi connectivity index (χ1v) is 5.72. The number of rotatable bonds is 1. The molecule has 4 nitrogen and oxygen atoms in total. The van der Waals surface area contributed by atoms with Gasteiger partial charge in [0.1, 0.15) is 22.5 Å². The molecule has 0 aliphatic rings. The number of hydrogen-bond donors (Lipinski definition) is 1. The lowest BCUT2D eigenvalue weighted by Gasteiger charge is -2.03. The van der Waals surface area contributed by atoms with Crippen molar-refractivity contribution in [1.82, 2.24) is 15.0 Å². The SMILES string of the molecule is O=c1c(-c2ccccc2)c[nH]c2ncnc(Cl)c12. The monoisotopic (exact) mass is 257 g/mol. The smallest absolute Gasteiger partial charge is 0.201 e. The number of pyridine rings is 1. The summed E-state index contributed by atoms with van der Waals surface area (Å²) in [5.74, 6) is 0. The van der Waals surface area contributed by atoms with Crippen LogP contribution in [-0.4, -0.2) is 15.0 Å². The normalized spacial score (nSPS) is 10.7. The number of aromatic nitrogens is 3. The Hall–Kier alpha value is -2.20. The lowest BCUT2D eigenvalue weighted by atomic mass is 10.1. The van der Waals surface area contributed by atoms with Gasteiger partial charge in [0.15, 0.2) is 0 Å². The molecule has 0 bridgehead atoms. The first kappa shape index (κ1) is 10.9. The van der Waals surface area contributed by atoms with Crippen molar-refractivity contribution in [2.75, 3.05) is 0 Å². The predicted octanol–water partition coefficient (Wildman–Crippen LogP) is 2.64. The molecular formula is C13H8ClN3O. The third-order valence-electron chi connectivity index (χ3n) is 2.71. The predicted molar refractivity (Wildman–Crippen MR) is 70.6 cm³/mol. The Bertz CT molecular complexity index is 768. The van der Waals surface area contributed by atoms with Gasteiger partial charge in [0.2, 0.25) is 5.43 Å². The molecule has 0 aliphatic heterocycles. The highest BCUT2D eigenvalue weighted by Gasteiger charge is 2.11. The molecule has 3 aromatic rings. The quantitative estimate of drug-likeness (QED) is 0.682. The van der Waals surface area contributed by atoms with Crippen LogP contribution in [0.5, 0.6) is 0 Å². The number of H-pyrrole nitrogens is 1. The van der Waals surface area contributed by atoms with E-state index in [4.69, 9.17) is 11.6 Å². The average molecular weight is 258 g/mol. The summed E-state index contributed by atoms with van der Waals surface area (Å²) in [4.78, 5) is 23.2. The minimum absolute atomic E-state index is 0.166. The zero-order valence-electron chi connectivity index (χ0n) is 9.22. The Morgan fingerprint density at radius 3 is 2.67 bits per heavy atom. The third-order valence-corrected chi connectivity index (χ3v) is 3.00. The van der Waals surface area contributed by atoms with Crippen LogP contribution in [0.4, 0.5) is 0 Å². The van der Waals surface area contributed by atoms with Crippen LogP contribution in [0.3, 0.4) is 0 Å². The van der Waals surface area contributed by atoms with Gasteiger partial charge in [-0.15, -0.1) is 0 Å². The summed E-state index contributed by atoms with van der Waals surface area (Å²) < 4.78 is 0. The van der Waals surface area contributed by atoms with Gasteiger partial charge < -0.3 is 4.98 Å². The highest BCUT2D eigenvalue weighted by atomic mass is 35.5. The lowest BCUT2D eigenvalue weighted by molar-refractivity contribution is 1.18. The van der Waals surface area contributed by atoms with Crippen LogP contribution >= 0.6 is 11.6 Å². The van der Waals surface area contributed by atoms with E-state index in [-0.39, 0.29) is 10.6 Å². The molecule has 0 saturated carbocycles. The van der Waals surface area contributed by atoms with Gasteiger partial charge in [-0.1, -0.05) is 41.9 Å². The maximum atomic E-state index is 12.4. The lowest BCUT2D eigenvalue weighted by Crippen LogP contribution is -2.08. The van der Waals surface area contributed by atoms with Gasteiger partial charge in [-0.2, -0.15) is 0 Å². The fourth-order valence-electron chi connectivity index (χ4n) is 1.85. The zero-order chi connectivity index (χ0) is 12.5. The van der Waals surface area contributed by atoms with Crippen molar-refractivity contribution < 1.29 is 0 Å². The summed E-state index contributed by atoms with van der Waals surface area (Å²) in [6.07, 6.45) is 2.96. The second kappa shape index (κ2) is 4.23. The molecule has 0 radical (unpaired) electrons. The van der Waals surface area contributed by atoms with Crippen LogP contribution in [0.15, 0.2) is 47.7 Å². The van der Waals surface area contributed by atoms with E-state index in [9.17, 15) is 4.79 Å². The van der Waals surface area contributed by atoms with Gasteiger partial charge >= 0.3 is 0 Å². The molecule has 0 saturated heterocycles. The third kappa shape index (κ3) is 1.67.